The third-order valence-corrected chi connectivity index (χ3v) is 3.40. The lowest BCUT2D eigenvalue weighted by atomic mass is 9.91. The van der Waals surface area contributed by atoms with Crippen LogP contribution < -0.4 is 10.6 Å². The smallest absolute Gasteiger partial charge is 0.122 e. The Hall–Kier alpha value is -1.20. The van der Waals surface area contributed by atoms with Gasteiger partial charge in [-0.05, 0) is 31.4 Å². The zero-order chi connectivity index (χ0) is 12.3. The second-order valence-corrected chi connectivity index (χ2v) is 4.71. The van der Waals surface area contributed by atoms with Crippen molar-refractivity contribution >= 4 is 22.9 Å². The molecule has 0 bridgehead atoms. The van der Waals surface area contributed by atoms with Crippen LogP contribution in [0.3, 0.4) is 0 Å². The van der Waals surface area contributed by atoms with E-state index in [2.05, 4.69) is 9.88 Å². The number of aliphatic hydroxyl groups excluding tert-OH is 1. The first-order chi connectivity index (χ1) is 8.22. The van der Waals surface area contributed by atoms with Crippen molar-refractivity contribution in [3.05, 3.63) is 24.0 Å². The van der Waals surface area contributed by atoms with E-state index in [0.29, 0.717) is 23.3 Å². The van der Waals surface area contributed by atoms with E-state index < -0.39 is 0 Å². The molecule has 0 aliphatic heterocycles. The molecule has 1 heterocycles. The van der Waals surface area contributed by atoms with Crippen LogP contribution in [0.4, 0.5) is 5.69 Å². The van der Waals surface area contributed by atoms with Crippen molar-refractivity contribution < 1.29 is 5.11 Å². The molecule has 1 fully saturated rings. The highest BCUT2D eigenvalue weighted by Crippen LogP contribution is 2.28. The minimum absolute atomic E-state index is 0.160. The summed E-state index contributed by atoms with van der Waals surface area (Å²) in [6.07, 6.45) is 5.43. The topological polar surface area (TPSA) is 62.4 Å². The van der Waals surface area contributed by atoms with E-state index >= 15 is 0 Å². The monoisotopic (exact) mass is 251 g/mol. The highest BCUT2D eigenvalue weighted by molar-refractivity contribution is 7.80. The summed E-state index contributed by atoms with van der Waals surface area (Å²) in [5, 5.41) is 9.11. The zero-order valence-corrected chi connectivity index (χ0v) is 10.5. The fourth-order valence-corrected chi connectivity index (χ4v) is 2.15. The summed E-state index contributed by atoms with van der Waals surface area (Å²) in [4.78, 5) is 6.75. The van der Waals surface area contributed by atoms with Crippen molar-refractivity contribution in [2.75, 3.05) is 18.1 Å². The quantitative estimate of drug-likeness (QED) is 0.766. The van der Waals surface area contributed by atoms with Gasteiger partial charge in [0.15, 0.2) is 0 Å². The van der Waals surface area contributed by atoms with Crippen LogP contribution in [0.1, 0.15) is 25.0 Å². The number of rotatable bonds is 5. The molecule has 0 radical (unpaired) electrons. The van der Waals surface area contributed by atoms with E-state index in [9.17, 15) is 0 Å². The first kappa shape index (κ1) is 12.3. The highest BCUT2D eigenvalue weighted by atomic mass is 32.1. The van der Waals surface area contributed by atoms with Crippen LogP contribution in [0.25, 0.3) is 0 Å². The summed E-state index contributed by atoms with van der Waals surface area (Å²) in [5.74, 6) is 0. The normalized spacial score (nSPS) is 15.4. The number of nitrogens with two attached hydrogens (primary N) is 1. The van der Waals surface area contributed by atoms with Gasteiger partial charge in [0.25, 0.3) is 0 Å². The second kappa shape index (κ2) is 5.42. The minimum Gasteiger partial charge on any atom is -0.395 e. The van der Waals surface area contributed by atoms with Crippen molar-refractivity contribution in [2.45, 2.75) is 25.3 Å². The lowest BCUT2D eigenvalue weighted by molar-refractivity contribution is 0.283. The predicted molar refractivity (Wildman–Crippen MR) is 72.2 cm³/mol. The van der Waals surface area contributed by atoms with Gasteiger partial charge in [-0.1, -0.05) is 12.2 Å². The molecule has 0 unspecified atom stereocenters. The first-order valence-electron chi connectivity index (χ1n) is 5.85. The molecule has 1 aromatic rings. The van der Waals surface area contributed by atoms with E-state index in [1.807, 2.05) is 12.1 Å². The van der Waals surface area contributed by atoms with E-state index in [1.54, 1.807) is 6.20 Å². The molecule has 0 spiro atoms. The zero-order valence-electron chi connectivity index (χ0n) is 9.67. The summed E-state index contributed by atoms with van der Waals surface area (Å²) >= 11 is 4.87. The lowest BCUT2D eigenvalue weighted by Gasteiger charge is -2.38. The number of aliphatic hydroxyl groups is 1. The molecule has 1 saturated carbocycles. The van der Waals surface area contributed by atoms with Gasteiger partial charge in [0.1, 0.15) is 4.99 Å². The van der Waals surface area contributed by atoms with Gasteiger partial charge in [-0.15, -0.1) is 0 Å². The fraction of sp³-hybridized carbons (Fsp3) is 0.500. The van der Waals surface area contributed by atoms with Gasteiger partial charge in [-0.25, -0.2) is 0 Å². The Bertz CT molecular complexity index is 389. The predicted octanol–water partition coefficient (Wildman–Crippen LogP) is 1.07. The number of hydrogen-bond acceptors (Lipinski definition) is 4. The van der Waals surface area contributed by atoms with Crippen LogP contribution in [-0.2, 0) is 0 Å². The molecule has 0 amide bonds. The molecule has 92 valence electrons. The maximum Gasteiger partial charge on any atom is 0.122 e. The Kier molecular flexibility index (Phi) is 3.91. The van der Waals surface area contributed by atoms with Crippen molar-refractivity contribution in [3.63, 3.8) is 0 Å². The van der Waals surface area contributed by atoms with Gasteiger partial charge in [0, 0.05) is 12.6 Å². The van der Waals surface area contributed by atoms with E-state index in [1.165, 1.54) is 19.3 Å². The van der Waals surface area contributed by atoms with Gasteiger partial charge in [-0.3, -0.25) is 4.98 Å². The van der Waals surface area contributed by atoms with Gasteiger partial charge in [0.05, 0.1) is 24.2 Å². The van der Waals surface area contributed by atoms with Crippen LogP contribution in [-0.4, -0.2) is 34.3 Å². The Morgan fingerprint density at radius 2 is 2.29 bits per heavy atom. The molecular formula is C12H17N3OS. The van der Waals surface area contributed by atoms with Crippen LogP contribution in [0, 0.1) is 0 Å². The summed E-state index contributed by atoms with van der Waals surface area (Å²) in [5.41, 5.74) is 7.18. The molecule has 1 aliphatic carbocycles. The molecule has 2 rings (SSSR count). The van der Waals surface area contributed by atoms with Gasteiger partial charge < -0.3 is 15.7 Å². The lowest BCUT2D eigenvalue weighted by Crippen LogP contribution is -2.42. The molecular weight excluding hydrogens is 234 g/mol. The highest BCUT2D eigenvalue weighted by Gasteiger charge is 2.24. The van der Waals surface area contributed by atoms with E-state index in [4.69, 9.17) is 23.1 Å². The maximum atomic E-state index is 9.11. The van der Waals surface area contributed by atoms with Gasteiger partial charge in [-0.2, -0.15) is 0 Å². The Morgan fingerprint density at radius 3 is 2.71 bits per heavy atom. The number of aromatic nitrogens is 1. The minimum atomic E-state index is 0.160. The Labute approximate surface area is 106 Å². The van der Waals surface area contributed by atoms with E-state index in [0.717, 1.165) is 5.69 Å². The third kappa shape index (κ3) is 2.73. The molecule has 3 N–H and O–H groups in total. The Balaban J connectivity index is 2.14. The summed E-state index contributed by atoms with van der Waals surface area (Å²) in [6, 6.07) is 4.34. The molecule has 0 saturated heterocycles. The second-order valence-electron chi connectivity index (χ2n) is 4.27. The average molecular weight is 251 g/mol. The molecule has 1 aliphatic rings. The van der Waals surface area contributed by atoms with Crippen molar-refractivity contribution in [1.82, 2.24) is 4.98 Å². The van der Waals surface area contributed by atoms with Gasteiger partial charge >= 0.3 is 0 Å². The standard InChI is InChI=1S/C12H17N3OS/c13-12(17)11-5-4-10(8-14-11)15(6-7-16)9-2-1-3-9/h4-5,8-9,16H,1-3,6-7H2,(H2,13,17). The molecule has 1 aromatic heterocycles. The third-order valence-electron chi connectivity index (χ3n) is 3.19. The Morgan fingerprint density at radius 1 is 1.53 bits per heavy atom. The van der Waals surface area contributed by atoms with Crippen LogP contribution >= 0.6 is 12.2 Å². The van der Waals surface area contributed by atoms with Crippen molar-refractivity contribution in [2.24, 2.45) is 5.73 Å². The van der Waals surface area contributed by atoms with Crippen LogP contribution in [0.2, 0.25) is 0 Å². The van der Waals surface area contributed by atoms with Gasteiger partial charge in [0.2, 0.25) is 0 Å². The van der Waals surface area contributed by atoms with Crippen LogP contribution in [0.5, 0.6) is 0 Å². The number of hydrogen-bond donors (Lipinski definition) is 2. The summed E-state index contributed by atoms with van der Waals surface area (Å²) < 4.78 is 0. The largest absolute Gasteiger partial charge is 0.395 e. The van der Waals surface area contributed by atoms with E-state index in [-0.39, 0.29) is 6.61 Å². The molecule has 4 nitrogen and oxygen atoms in total. The number of nitrogens with zero attached hydrogens (tertiary/aromatic N) is 2. The van der Waals surface area contributed by atoms with Crippen LogP contribution in [0.15, 0.2) is 18.3 Å². The van der Waals surface area contributed by atoms with Crippen molar-refractivity contribution in [3.8, 4) is 0 Å². The number of thiocarbonyl (C=S) groups is 1. The molecule has 0 atom stereocenters. The average Bonchev–Trinajstić information content (AvgIpc) is 2.26. The molecule has 5 heteroatoms. The fourth-order valence-electron chi connectivity index (χ4n) is 2.03. The number of anilines is 1. The number of pyridine rings is 1. The van der Waals surface area contributed by atoms with Crippen molar-refractivity contribution in [1.29, 1.82) is 0 Å². The molecule has 17 heavy (non-hydrogen) atoms. The maximum absolute atomic E-state index is 9.11. The summed E-state index contributed by atoms with van der Waals surface area (Å²) in [6.45, 7) is 0.812. The molecule has 0 aromatic carbocycles. The first-order valence-corrected chi connectivity index (χ1v) is 6.26. The SMILES string of the molecule is NC(=S)c1ccc(N(CCO)C2CCC2)cn1. The summed E-state index contributed by atoms with van der Waals surface area (Å²) in [7, 11) is 0.